The summed E-state index contributed by atoms with van der Waals surface area (Å²) in [5, 5.41) is 49.4. The minimum Gasteiger partial charge on any atom is -0.481 e. The van der Waals surface area contributed by atoms with Gasteiger partial charge in [0.05, 0.1) is 30.7 Å². The molecule has 0 spiro atoms. The number of rotatable bonds is 10. The molecule has 3 rings (SSSR count). The van der Waals surface area contributed by atoms with Gasteiger partial charge in [-0.3, -0.25) is 19.2 Å². The topological polar surface area (TPSA) is 173 Å². The van der Waals surface area contributed by atoms with Gasteiger partial charge >= 0.3 is 17.9 Å². The molecule has 1 aromatic heterocycles. The van der Waals surface area contributed by atoms with Crippen LogP contribution < -0.4 is 0 Å². The van der Waals surface area contributed by atoms with E-state index in [2.05, 4.69) is 48.8 Å². The lowest BCUT2D eigenvalue weighted by Gasteiger charge is -2.39. The van der Waals surface area contributed by atoms with Crippen molar-refractivity contribution in [3.8, 4) is 0 Å². The van der Waals surface area contributed by atoms with Gasteiger partial charge in [-0.05, 0) is 37.8 Å². The Morgan fingerprint density at radius 1 is 1.08 bits per heavy atom. The number of carboxylic acids is 3. The molecule has 11 heteroatoms. The van der Waals surface area contributed by atoms with Crippen LogP contribution in [0.2, 0.25) is 0 Å². The normalized spacial score (nSPS) is 15.4. The number of aryl methyl sites for hydroxylation is 2. The van der Waals surface area contributed by atoms with Gasteiger partial charge in [0, 0.05) is 31.4 Å². The lowest BCUT2D eigenvalue weighted by molar-refractivity contribution is -0.170. The van der Waals surface area contributed by atoms with Crippen LogP contribution in [0, 0.1) is 13.8 Å². The van der Waals surface area contributed by atoms with E-state index in [1.807, 2.05) is 22.9 Å². The van der Waals surface area contributed by atoms with E-state index < -0.39 is 42.0 Å². The predicted molar refractivity (Wildman–Crippen MR) is 134 cm³/mol. The number of piperidine rings is 1. The number of allylic oxidation sites excluding steroid dienone is 1. The third kappa shape index (κ3) is 8.24. The second-order valence-electron chi connectivity index (χ2n) is 9.35. The summed E-state index contributed by atoms with van der Waals surface area (Å²) < 4.78 is 1.94. The third-order valence-corrected chi connectivity index (χ3v) is 6.37. The zero-order valence-corrected chi connectivity index (χ0v) is 21.1. The van der Waals surface area contributed by atoms with Crippen LogP contribution in [-0.2, 0) is 33.1 Å². The van der Waals surface area contributed by atoms with Crippen molar-refractivity contribution in [3.63, 3.8) is 0 Å². The molecule has 2 heterocycles. The highest BCUT2D eigenvalue weighted by Gasteiger charge is 2.40. The quantitative estimate of drug-likeness (QED) is 0.293. The first kappa shape index (κ1) is 29.7. The molecule has 202 valence electrons. The Hall–Kier alpha value is -3.54. The fraction of sp³-hybridized carbons (Fsp3) is 0.462. The Morgan fingerprint density at radius 2 is 1.65 bits per heavy atom. The van der Waals surface area contributed by atoms with E-state index in [-0.39, 0.29) is 0 Å². The van der Waals surface area contributed by atoms with E-state index in [1.54, 1.807) is 0 Å². The minimum atomic E-state index is -2.74. The Labute approximate surface area is 215 Å². The first-order valence-electron chi connectivity index (χ1n) is 11.8. The molecule has 11 nitrogen and oxygen atoms in total. The summed E-state index contributed by atoms with van der Waals surface area (Å²) in [5.41, 5.74) is 1.17. The second kappa shape index (κ2) is 12.6. The summed E-state index contributed by atoms with van der Waals surface area (Å²) in [5.74, 6) is -5.02. The van der Waals surface area contributed by atoms with Crippen LogP contribution in [0.1, 0.15) is 48.1 Å². The zero-order valence-electron chi connectivity index (χ0n) is 21.1. The monoisotopic (exact) mass is 517 g/mol. The Balaban J connectivity index is 0.000000317. The van der Waals surface area contributed by atoms with Crippen LogP contribution in [0.15, 0.2) is 43.1 Å². The van der Waals surface area contributed by atoms with E-state index in [4.69, 9.17) is 20.4 Å². The maximum atomic E-state index is 11.1. The van der Waals surface area contributed by atoms with Crippen molar-refractivity contribution < 1.29 is 39.9 Å². The number of aliphatic carboxylic acids is 3. The summed E-state index contributed by atoms with van der Waals surface area (Å²) >= 11 is 0. The second-order valence-corrected chi connectivity index (χ2v) is 9.35. The number of carbonyl (C=O) groups is 3. The van der Waals surface area contributed by atoms with Crippen LogP contribution >= 0.6 is 0 Å². The van der Waals surface area contributed by atoms with Crippen LogP contribution in [0.4, 0.5) is 0 Å². The first-order chi connectivity index (χ1) is 17.3. The van der Waals surface area contributed by atoms with Crippen molar-refractivity contribution in [1.82, 2.24) is 14.7 Å². The van der Waals surface area contributed by atoms with E-state index in [0.29, 0.717) is 0 Å². The summed E-state index contributed by atoms with van der Waals surface area (Å²) in [7, 11) is 0. The Morgan fingerprint density at radius 3 is 2.14 bits per heavy atom. The van der Waals surface area contributed by atoms with Gasteiger partial charge < -0.3 is 25.5 Å². The average Bonchev–Trinajstić information content (AvgIpc) is 3.14. The van der Waals surface area contributed by atoms with E-state index in [9.17, 15) is 19.5 Å². The molecule has 1 aromatic carbocycles. The smallest absolute Gasteiger partial charge is 0.336 e. The molecular formula is C26H35N3O8. The maximum absolute atomic E-state index is 11.1. The number of likely N-dealkylation sites (tertiary alicyclic amines) is 1. The molecule has 0 atom stereocenters. The van der Waals surface area contributed by atoms with E-state index >= 15 is 0 Å². The van der Waals surface area contributed by atoms with Gasteiger partial charge in [0.1, 0.15) is 0 Å². The lowest BCUT2D eigenvalue weighted by Crippen LogP contribution is -2.42. The van der Waals surface area contributed by atoms with Crippen molar-refractivity contribution in [2.24, 2.45) is 0 Å². The van der Waals surface area contributed by atoms with Crippen LogP contribution in [0.25, 0.3) is 0 Å². The van der Waals surface area contributed by atoms with E-state index in [0.717, 1.165) is 50.3 Å². The highest BCUT2D eigenvalue weighted by atomic mass is 16.4. The summed E-state index contributed by atoms with van der Waals surface area (Å²) in [6, 6.07) is 8.19. The summed E-state index contributed by atoms with van der Waals surface area (Å²) in [6.45, 7) is 11.3. The molecule has 0 unspecified atom stereocenters. The third-order valence-electron chi connectivity index (χ3n) is 6.37. The summed E-state index contributed by atoms with van der Waals surface area (Å²) in [6.07, 6.45) is 3.23. The number of hydrogen-bond donors (Lipinski definition) is 5. The van der Waals surface area contributed by atoms with Crippen molar-refractivity contribution in [2.45, 2.75) is 63.8 Å². The lowest BCUT2D eigenvalue weighted by atomic mass is 9.82. The Kier molecular flexibility index (Phi) is 10.1. The Bertz CT molecular complexity index is 1100. The molecule has 2 aromatic rings. The number of nitrogens with zero attached hydrogens (tertiary/aromatic N) is 3. The van der Waals surface area contributed by atoms with Gasteiger partial charge in [-0.15, -0.1) is 6.58 Å². The van der Waals surface area contributed by atoms with E-state index in [1.165, 1.54) is 11.1 Å². The number of benzene rings is 1. The van der Waals surface area contributed by atoms with Crippen LogP contribution in [0.3, 0.4) is 0 Å². The van der Waals surface area contributed by atoms with Crippen molar-refractivity contribution in [1.29, 1.82) is 0 Å². The molecular weight excluding hydrogens is 482 g/mol. The SMILES string of the molecule is C=CCn1cc(CN2CCC(O)(c3ccccc3C)CC2)c(C)n1.O=C(O)CC(O)(CC(=O)O)C(=O)O. The largest absolute Gasteiger partial charge is 0.481 e. The van der Waals surface area contributed by atoms with Crippen molar-refractivity contribution in [3.05, 3.63) is 65.5 Å². The fourth-order valence-corrected chi connectivity index (χ4v) is 4.34. The predicted octanol–water partition coefficient (Wildman–Crippen LogP) is 1.92. The zero-order chi connectivity index (χ0) is 27.8. The van der Waals surface area contributed by atoms with Crippen LogP contribution in [0.5, 0.6) is 0 Å². The van der Waals surface area contributed by atoms with Gasteiger partial charge in [0.15, 0.2) is 5.60 Å². The molecule has 0 saturated carbocycles. The maximum Gasteiger partial charge on any atom is 0.336 e. The highest BCUT2D eigenvalue weighted by molar-refractivity contribution is 5.88. The van der Waals surface area contributed by atoms with Crippen molar-refractivity contribution >= 4 is 17.9 Å². The molecule has 0 aliphatic carbocycles. The van der Waals surface area contributed by atoms with Gasteiger partial charge in [0.25, 0.3) is 0 Å². The summed E-state index contributed by atoms with van der Waals surface area (Å²) in [4.78, 5) is 32.9. The molecule has 1 aliphatic heterocycles. The molecule has 5 N–H and O–H groups in total. The number of aromatic nitrogens is 2. The molecule has 37 heavy (non-hydrogen) atoms. The average molecular weight is 518 g/mol. The molecule has 0 bridgehead atoms. The highest BCUT2D eigenvalue weighted by Crippen LogP contribution is 2.35. The van der Waals surface area contributed by atoms with Gasteiger partial charge in [-0.1, -0.05) is 30.3 Å². The van der Waals surface area contributed by atoms with Crippen molar-refractivity contribution in [2.75, 3.05) is 13.1 Å². The molecule has 1 fully saturated rings. The fourth-order valence-electron chi connectivity index (χ4n) is 4.34. The minimum absolute atomic E-state index is 0.691. The van der Waals surface area contributed by atoms with Gasteiger partial charge in [0.2, 0.25) is 0 Å². The standard InChI is InChI=1S/C20H27N3O.C6H8O7/c1-4-11-23-15-18(17(3)21-23)14-22-12-9-20(24,10-13-22)19-8-6-5-7-16(19)2;7-3(8)1-6(13,5(11)12)2-4(9)10/h4-8,15,24H,1,9-14H2,2-3H3;13H,1-2H2,(H,7,8)(H,9,10)(H,11,12). The molecule has 0 radical (unpaired) electrons. The van der Waals surface area contributed by atoms with Crippen LogP contribution in [-0.4, -0.2) is 76.8 Å². The number of hydrogen-bond acceptors (Lipinski definition) is 7. The van der Waals surface area contributed by atoms with Gasteiger partial charge in [-0.25, -0.2) is 4.79 Å². The van der Waals surface area contributed by atoms with Gasteiger partial charge in [-0.2, -0.15) is 5.10 Å². The number of aliphatic hydroxyl groups is 2. The number of carboxylic acid groups (broad SMARTS) is 3. The molecule has 0 amide bonds. The molecule has 1 saturated heterocycles. The molecule has 1 aliphatic rings. The first-order valence-corrected chi connectivity index (χ1v) is 11.8.